The summed E-state index contributed by atoms with van der Waals surface area (Å²) < 4.78 is 17.9. The van der Waals surface area contributed by atoms with E-state index in [1.54, 1.807) is 24.3 Å². The van der Waals surface area contributed by atoms with Gasteiger partial charge in [0.25, 0.3) is 5.91 Å². The van der Waals surface area contributed by atoms with E-state index in [1.807, 2.05) is 49.4 Å². The van der Waals surface area contributed by atoms with Crippen molar-refractivity contribution in [2.45, 2.75) is 13.5 Å². The second-order valence-electron chi connectivity index (χ2n) is 7.90. The third-order valence-corrected chi connectivity index (χ3v) is 6.72. The number of nitrogens with zero attached hydrogens (tertiary/aromatic N) is 1. The van der Waals surface area contributed by atoms with Crippen molar-refractivity contribution >= 4 is 62.0 Å². The highest BCUT2D eigenvalue weighted by Crippen LogP contribution is 2.37. The number of carbonyl (C=O) groups is 1. The molecular formula is C28H23BrCl2N2O4. The van der Waals surface area contributed by atoms with E-state index in [0.717, 1.165) is 16.3 Å². The van der Waals surface area contributed by atoms with Crippen LogP contribution in [0.1, 0.15) is 28.4 Å². The van der Waals surface area contributed by atoms with Gasteiger partial charge in [0.2, 0.25) is 0 Å². The molecule has 37 heavy (non-hydrogen) atoms. The van der Waals surface area contributed by atoms with E-state index in [1.165, 1.54) is 13.3 Å². The molecule has 0 unspecified atom stereocenters. The van der Waals surface area contributed by atoms with E-state index in [0.29, 0.717) is 49.5 Å². The summed E-state index contributed by atoms with van der Waals surface area (Å²) in [6, 6.07) is 20.3. The van der Waals surface area contributed by atoms with Crippen molar-refractivity contribution in [1.82, 2.24) is 5.43 Å². The van der Waals surface area contributed by atoms with Crippen LogP contribution in [0.4, 0.5) is 0 Å². The van der Waals surface area contributed by atoms with E-state index < -0.39 is 0 Å². The number of nitrogens with one attached hydrogen (secondary N) is 1. The van der Waals surface area contributed by atoms with E-state index in [9.17, 15) is 4.79 Å². The van der Waals surface area contributed by atoms with E-state index in [4.69, 9.17) is 37.4 Å². The van der Waals surface area contributed by atoms with E-state index in [-0.39, 0.29) is 12.5 Å². The summed E-state index contributed by atoms with van der Waals surface area (Å²) in [5, 5.41) is 6.99. The van der Waals surface area contributed by atoms with Gasteiger partial charge in [-0.3, -0.25) is 4.79 Å². The topological polar surface area (TPSA) is 69.2 Å². The van der Waals surface area contributed by atoms with Crippen molar-refractivity contribution in [3.05, 3.63) is 97.9 Å². The molecule has 0 aliphatic carbocycles. The molecule has 0 fully saturated rings. The molecule has 0 spiro atoms. The third kappa shape index (κ3) is 6.55. The third-order valence-electron chi connectivity index (χ3n) is 5.39. The van der Waals surface area contributed by atoms with Crippen LogP contribution in [0.25, 0.3) is 10.8 Å². The summed E-state index contributed by atoms with van der Waals surface area (Å²) in [7, 11) is 1.53. The van der Waals surface area contributed by atoms with Gasteiger partial charge in [0.05, 0.1) is 40.0 Å². The summed E-state index contributed by atoms with van der Waals surface area (Å²) >= 11 is 15.7. The van der Waals surface area contributed by atoms with Crippen LogP contribution < -0.4 is 19.6 Å². The zero-order chi connectivity index (χ0) is 26.4. The Bertz CT molecular complexity index is 1480. The second kappa shape index (κ2) is 12.3. The summed E-state index contributed by atoms with van der Waals surface area (Å²) in [6.07, 6.45) is 1.53. The number of hydrogen-bond donors (Lipinski definition) is 1. The molecule has 4 aromatic carbocycles. The zero-order valence-electron chi connectivity index (χ0n) is 20.1. The number of benzene rings is 4. The number of rotatable bonds is 9. The minimum Gasteiger partial charge on any atom is -0.496 e. The maximum absolute atomic E-state index is 12.8. The van der Waals surface area contributed by atoms with Gasteiger partial charge in [-0.05, 0) is 81.2 Å². The summed E-state index contributed by atoms with van der Waals surface area (Å²) in [5.41, 5.74) is 4.52. The molecule has 0 bridgehead atoms. The Balaban J connectivity index is 1.50. The van der Waals surface area contributed by atoms with Crippen LogP contribution >= 0.6 is 39.1 Å². The molecule has 0 aliphatic rings. The molecule has 4 aromatic rings. The SMILES string of the molecule is CCOc1cc(/C=N\NC(=O)c2cc3ccccc3cc2OC)cc(Br)c1OCc1ccc(Cl)c(Cl)c1. The number of hydrogen-bond acceptors (Lipinski definition) is 5. The molecule has 0 heterocycles. The first-order chi connectivity index (χ1) is 17.9. The average Bonchev–Trinajstić information content (AvgIpc) is 2.89. The van der Waals surface area contributed by atoms with Gasteiger partial charge in [0.1, 0.15) is 12.4 Å². The zero-order valence-corrected chi connectivity index (χ0v) is 23.2. The minimum atomic E-state index is -0.385. The molecule has 9 heteroatoms. The van der Waals surface area contributed by atoms with E-state index in [2.05, 4.69) is 26.5 Å². The fraction of sp³-hybridized carbons (Fsp3) is 0.143. The summed E-state index contributed by atoms with van der Waals surface area (Å²) in [6.45, 7) is 2.59. The van der Waals surface area contributed by atoms with Gasteiger partial charge in [-0.1, -0.05) is 53.5 Å². The average molecular weight is 602 g/mol. The molecule has 0 saturated heterocycles. The standard InChI is InChI=1S/C28H23BrCl2N2O4/c1-3-36-26-12-18(10-22(29)27(26)37-16-17-8-9-23(30)24(31)11-17)15-32-33-28(34)21-13-19-6-4-5-7-20(19)14-25(21)35-2/h4-15H,3,16H2,1-2H3,(H,33,34)/b32-15-. The lowest BCUT2D eigenvalue weighted by Crippen LogP contribution is -2.18. The number of halogens is 3. The van der Waals surface area contributed by atoms with Crippen molar-refractivity contribution < 1.29 is 19.0 Å². The van der Waals surface area contributed by atoms with Gasteiger partial charge >= 0.3 is 0 Å². The molecule has 1 N–H and O–H groups in total. The number of amides is 1. The van der Waals surface area contributed by atoms with Gasteiger partial charge in [0.15, 0.2) is 11.5 Å². The van der Waals surface area contributed by atoms with Crippen LogP contribution in [0.5, 0.6) is 17.2 Å². The van der Waals surface area contributed by atoms with Crippen molar-refractivity contribution in [2.75, 3.05) is 13.7 Å². The van der Waals surface area contributed by atoms with Crippen molar-refractivity contribution in [1.29, 1.82) is 0 Å². The Kier molecular flexibility index (Phi) is 8.92. The minimum absolute atomic E-state index is 0.270. The summed E-state index contributed by atoms with van der Waals surface area (Å²) in [5.74, 6) is 1.15. The molecule has 0 radical (unpaired) electrons. The van der Waals surface area contributed by atoms with Crippen LogP contribution in [-0.2, 0) is 6.61 Å². The number of ether oxygens (including phenoxy) is 3. The van der Waals surface area contributed by atoms with Gasteiger partial charge in [-0.15, -0.1) is 0 Å². The molecule has 0 aromatic heterocycles. The Labute approximate surface area is 233 Å². The smallest absolute Gasteiger partial charge is 0.275 e. The lowest BCUT2D eigenvalue weighted by molar-refractivity contribution is 0.0952. The lowest BCUT2D eigenvalue weighted by atomic mass is 10.1. The van der Waals surface area contributed by atoms with Crippen molar-refractivity contribution in [3.8, 4) is 17.2 Å². The van der Waals surface area contributed by atoms with Crippen molar-refractivity contribution in [2.24, 2.45) is 5.10 Å². The van der Waals surface area contributed by atoms with Crippen LogP contribution in [0.2, 0.25) is 10.0 Å². The molecule has 0 saturated carbocycles. The van der Waals surface area contributed by atoms with Crippen LogP contribution in [0.3, 0.4) is 0 Å². The molecule has 6 nitrogen and oxygen atoms in total. The van der Waals surface area contributed by atoms with Crippen molar-refractivity contribution in [3.63, 3.8) is 0 Å². The molecule has 4 rings (SSSR count). The largest absolute Gasteiger partial charge is 0.496 e. The fourth-order valence-electron chi connectivity index (χ4n) is 3.64. The highest BCUT2D eigenvalue weighted by molar-refractivity contribution is 9.10. The Morgan fingerprint density at radius 2 is 1.73 bits per heavy atom. The molecule has 0 aliphatic heterocycles. The number of fused-ring (bicyclic) bond motifs is 1. The molecule has 190 valence electrons. The Morgan fingerprint density at radius 1 is 0.973 bits per heavy atom. The van der Waals surface area contributed by atoms with Crippen LogP contribution in [0.15, 0.2) is 76.3 Å². The predicted molar refractivity (Wildman–Crippen MR) is 152 cm³/mol. The van der Waals surface area contributed by atoms with Gasteiger partial charge in [-0.2, -0.15) is 5.10 Å². The lowest BCUT2D eigenvalue weighted by Gasteiger charge is -2.15. The monoisotopic (exact) mass is 600 g/mol. The molecule has 1 amide bonds. The quantitative estimate of drug-likeness (QED) is 0.158. The Hall–Kier alpha value is -3.26. The summed E-state index contributed by atoms with van der Waals surface area (Å²) in [4.78, 5) is 12.8. The highest BCUT2D eigenvalue weighted by Gasteiger charge is 2.15. The van der Waals surface area contributed by atoms with Gasteiger partial charge in [-0.25, -0.2) is 5.43 Å². The first-order valence-electron chi connectivity index (χ1n) is 11.3. The number of hydrazone groups is 1. The normalized spacial score (nSPS) is 11.1. The highest BCUT2D eigenvalue weighted by atomic mass is 79.9. The first kappa shape index (κ1) is 26.8. The predicted octanol–water partition coefficient (Wildman–Crippen LogP) is 7.66. The number of carbonyl (C=O) groups excluding carboxylic acids is 1. The first-order valence-corrected chi connectivity index (χ1v) is 12.9. The van der Waals surface area contributed by atoms with Crippen LogP contribution in [-0.4, -0.2) is 25.8 Å². The second-order valence-corrected chi connectivity index (χ2v) is 9.57. The molecule has 0 atom stereocenters. The molecular weight excluding hydrogens is 579 g/mol. The maximum atomic E-state index is 12.8. The number of methoxy groups -OCH3 is 1. The van der Waals surface area contributed by atoms with Gasteiger partial charge in [0, 0.05) is 0 Å². The van der Waals surface area contributed by atoms with E-state index >= 15 is 0 Å². The maximum Gasteiger partial charge on any atom is 0.275 e. The van der Waals surface area contributed by atoms with Gasteiger partial charge < -0.3 is 14.2 Å². The Morgan fingerprint density at radius 3 is 2.43 bits per heavy atom. The van der Waals surface area contributed by atoms with Crippen LogP contribution in [0, 0.1) is 0 Å². The fourth-order valence-corrected chi connectivity index (χ4v) is 4.54.